The number of benzene rings is 1. The minimum absolute atomic E-state index is 0. The van der Waals surface area contributed by atoms with Crippen molar-refractivity contribution < 1.29 is 0 Å². The maximum Gasteiger partial charge on any atom is 0.0714 e. The van der Waals surface area contributed by atoms with Crippen molar-refractivity contribution in [1.29, 1.82) is 0 Å². The molecule has 21 heavy (non-hydrogen) atoms. The summed E-state index contributed by atoms with van der Waals surface area (Å²) in [5, 5.41) is 0. The quantitative estimate of drug-likeness (QED) is 0.313. The van der Waals surface area contributed by atoms with Gasteiger partial charge in [-0.3, -0.25) is 0 Å². The van der Waals surface area contributed by atoms with Gasteiger partial charge < -0.3 is 6.15 Å². The fraction of sp³-hybridized carbons (Fsp3) is 0.579. The summed E-state index contributed by atoms with van der Waals surface area (Å²) >= 11 is 6.94. The first-order valence-electron chi connectivity index (χ1n) is 7.81. The van der Waals surface area contributed by atoms with Gasteiger partial charge in [-0.2, -0.15) is 0 Å². The monoisotopic (exact) mass is 309 g/mol. The van der Waals surface area contributed by atoms with Gasteiger partial charge in [-0.15, -0.1) is 18.2 Å². The molecule has 3 N–H and O–H groups in total. The maximum absolute atomic E-state index is 6.94. The third kappa shape index (κ3) is 5.84. The third-order valence-electron chi connectivity index (χ3n) is 4.41. The standard InChI is InChI=1S/C19H29Cl.H3N/c1-5-7-8-12-15-18(3,4)19(20,6-2)16-17-13-10-9-11-14-17;/h6,9-11,13-14H,2,5,7-8,12,15-16H2,1,3-4H3;1H3. The minimum Gasteiger partial charge on any atom is -0.344 e. The molecule has 0 radical (unpaired) electrons. The highest BCUT2D eigenvalue weighted by Crippen LogP contribution is 2.44. The van der Waals surface area contributed by atoms with Crippen molar-refractivity contribution in [2.75, 3.05) is 0 Å². The fourth-order valence-corrected chi connectivity index (χ4v) is 2.93. The lowest BCUT2D eigenvalue weighted by Crippen LogP contribution is -2.39. The van der Waals surface area contributed by atoms with E-state index in [1.165, 1.54) is 31.2 Å². The molecule has 2 heteroatoms. The predicted octanol–water partition coefficient (Wildman–Crippen LogP) is 6.55. The Labute approximate surface area is 136 Å². The predicted molar refractivity (Wildman–Crippen MR) is 96.5 cm³/mol. The first-order valence-corrected chi connectivity index (χ1v) is 8.19. The average Bonchev–Trinajstić information content (AvgIpc) is 2.44. The van der Waals surface area contributed by atoms with Crippen molar-refractivity contribution in [2.45, 2.75) is 64.2 Å². The molecule has 120 valence electrons. The Morgan fingerprint density at radius 3 is 2.24 bits per heavy atom. The van der Waals surface area contributed by atoms with Gasteiger partial charge in [0.2, 0.25) is 0 Å². The van der Waals surface area contributed by atoms with Crippen molar-refractivity contribution in [1.82, 2.24) is 6.15 Å². The smallest absolute Gasteiger partial charge is 0.0714 e. The van der Waals surface area contributed by atoms with Crippen LogP contribution < -0.4 is 6.15 Å². The second-order valence-electron chi connectivity index (χ2n) is 6.42. The van der Waals surface area contributed by atoms with Crippen molar-refractivity contribution in [3.05, 3.63) is 48.6 Å². The number of alkyl halides is 1. The summed E-state index contributed by atoms with van der Waals surface area (Å²) in [6.07, 6.45) is 9.08. The summed E-state index contributed by atoms with van der Waals surface area (Å²) in [7, 11) is 0. The molecule has 0 spiro atoms. The maximum atomic E-state index is 6.94. The highest BCUT2D eigenvalue weighted by atomic mass is 35.5. The number of hydrogen-bond acceptors (Lipinski definition) is 1. The molecular formula is C19H32ClN. The molecule has 0 aliphatic rings. The summed E-state index contributed by atoms with van der Waals surface area (Å²) in [6.45, 7) is 10.8. The van der Waals surface area contributed by atoms with Gasteiger partial charge in [0.15, 0.2) is 0 Å². The number of halogens is 1. The topological polar surface area (TPSA) is 35.0 Å². The van der Waals surface area contributed by atoms with Crippen LogP contribution in [0.15, 0.2) is 43.0 Å². The first kappa shape index (κ1) is 20.2. The Morgan fingerprint density at radius 1 is 1.10 bits per heavy atom. The normalized spacial score (nSPS) is 14.1. The molecule has 0 saturated carbocycles. The van der Waals surface area contributed by atoms with E-state index in [1.807, 2.05) is 12.1 Å². The molecule has 1 rings (SSSR count). The van der Waals surface area contributed by atoms with E-state index in [-0.39, 0.29) is 16.4 Å². The van der Waals surface area contributed by atoms with Crippen LogP contribution in [0, 0.1) is 5.41 Å². The van der Waals surface area contributed by atoms with E-state index in [0.29, 0.717) is 0 Å². The van der Waals surface area contributed by atoms with Crippen LogP contribution >= 0.6 is 11.6 Å². The number of allylic oxidation sites excluding steroid dienone is 1. The van der Waals surface area contributed by atoms with Crippen LogP contribution in [-0.2, 0) is 6.42 Å². The molecule has 1 nitrogen and oxygen atoms in total. The Kier molecular flexibility index (Phi) is 8.92. The summed E-state index contributed by atoms with van der Waals surface area (Å²) in [4.78, 5) is -0.374. The van der Waals surface area contributed by atoms with Crippen LogP contribution in [0.4, 0.5) is 0 Å². The zero-order valence-corrected chi connectivity index (χ0v) is 14.8. The van der Waals surface area contributed by atoms with Crippen molar-refractivity contribution in [2.24, 2.45) is 5.41 Å². The summed E-state index contributed by atoms with van der Waals surface area (Å²) in [5.74, 6) is 0. The van der Waals surface area contributed by atoms with E-state index < -0.39 is 0 Å². The van der Waals surface area contributed by atoms with Crippen LogP contribution in [0.1, 0.15) is 58.4 Å². The van der Waals surface area contributed by atoms with Crippen molar-refractivity contribution in [3.8, 4) is 0 Å². The second-order valence-corrected chi connectivity index (χ2v) is 7.10. The van der Waals surface area contributed by atoms with E-state index in [0.717, 1.165) is 12.8 Å². The van der Waals surface area contributed by atoms with Crippen LogP contribution in [0.5, 0.6) is 0 Å². The molecule has 0 bridgehead atoms. The van der Waals surface area contributed by atoms with Gasteiger partial charge in [0, 0.05) is 0 Å². The highest BCUT2D eigenvalue weighted by Gasteiger charge is 2.40. The molecule has 1 aromatic rings. The van der Waals surface area contributed by atoms with E-state index in [1.54, 1.807) is 0 Å². The fourth-order valence-electron chi connectivity index (χ4n) is 2.68. The van der Waals surface area contributed by atoms with Crippen LogP contribution in [0.25, 0.3) is 0 Å². The van der Waals surface area contributed by atoms with Crippen molar-refractivity contribution in [3.63, 3.8) is 0 Å². The zero-order chi connectivity index (χ0) is 15.1. The van der Waals surface area contributed by atoms with E-state index in [4.69, 9.17) is 11.6 Å². The first-order chi connectivity index (χ1) is 9.45. The van der Waals surface area contributed by atoms with Gasteiger partial charge >= 0.3 is 0 Å². The SMILES string of the molecule is C=CC(Cl)(Cc1ccccc1)C(C)(C)CCCCCC.N. The lowest BCUT2D eigenvalue weighted by molar-refractivity contribution is 0.251. The molecule has 0 heterocycles. The van der Waals surface area contributed by atoms with Gasteiger partial charge in [-0.25, -0.2) is 0 Å². The highest BCUT2D eigenvalue weighted by molar-refractivity contribution is 6.26. The molecule has 0 saturated heterocycles. The van der Waals surface area contributed by atoms with Gasteiger partial charge in [-0.05, 0) is 23.8 Å². The van der Waals surface area contributed by atoms with Gasteiger partial charge in [0.1, 0.15) is 0 Å². The van der Waals surface area contributed by atoms with Gasteiger partial charge in [-0.1, -0.05) is 82.9 Å². The lowest BCUT2D eigenvalue weighted by Gasteiger charge is -2.40. The zero-order valence-electron chi connectivity index (χ0n) is 14.0. The van der Waals surface area contributed by atoms with Crippen LogP contribution in [0.2, 0.25) is 0 Å². The van der Waals surface area contributed by atoms with E-state index >= 15 is 0 Å². The van der Waals surface area contributed by atoms with Crippen molar-refractivity contribution >= 4 is 11.6 Å². The molecule has 1 unspecified atom stereocenters. The Bertz CT molecular complexity index is 399. The molecule has 0 aliphatic carbocycles. The summed E-state index contributed by atoms with van der Waals surface area (Å²) in [5.41, 5.74) is 1.34. The number of unbranched alkanes of at least 4 members (excludes halogenated alkanes) is 3. The Balaban J connectivity index is 0.00000400. The van der Waals surface area contributed by atoms with Gasteiger partial charge in [0.05, 0.1) is 4.87 Å². The third-order valence-corrected chi connectivity index (χ3v) is 5.21. The molecule has 0 aliphatic heterocycles. The number of hydrogen-bond donors (Lipinski definition) is 1. The Morgan fingerprint density at radius 2 is 1.71 bits per heavy atom. The van der Waals surface area contributed by atoms with E-state index in [9.17, 15) is 0 Å². The lowest BCUT2D eigenvalue weighted by atomic mass is 9.71. The molecule has 0 fully saturated rings. The summed E-state index contributed by atoms with van der Waals surface area (Å²) in [6, 6.07) is 10.5. The van der Waals surface area contributed by atoms with Gasteiger partial charge in [0.25, 0.3) is 0 Å². The molecule has 0 aromatic heterocycles. The number of rotatable bonds is 9. The second kappa shape index (κ2) is 9.27. The summed E-state index contributed by atoms with van der Waals surface area (Å²) < 4.78 is 0. The minimum atomic E-state index is -0.374. The van der Waals surface area contributed by atoms with Crippen LogP contribution in [-0.4, -0.2) is 4.87 Å². The molecule has 1 atom stereocenters. The Hall–Kier alpha value is -0.790. The van der Waals surface area contributed by atoms with E-state index in [2.05, 4.69) is 51.6 Å². The largest absolute Gasteiger partial charge is 0.344 e. The molecule has 1 aromatic carbocycles. The molecule has 0 amide bonds. The van der Waals surface area contributed by atoms with Crippen LogP contribution in [0.3, 0.4) is 0 Å². The average molecular weight is 310 g/mol. The molecular weight excluding hydrogens is 278 g/mol.